The summed E-state index contributed by atoms with van der Waals surface area (Å²) in [4.78, 5) is 13.1. The summed E-state index contributed by atoms with van der Waals surface area (Å²) in [5.74, 6) is -0.147. The van der Waals surface area contributed by atoms with Crippen LogP contribution < -0.4 is 18.9 Å². The highest BCUT2D eigenvalue weighted by Crippen LogP contribution is 2.36. The largest absolute Gasteiger partial charge is 0.573 e. The van der Waals surface area contributed by atoms with E-state index in [1.165, 1.54) is 37.2 Å². The summed E-state index contributed by atoms with van der Waals surface area (Å²) in [5, 5.41) is 3.98. The van der Waals surface area contributed by atoms with Crippen LogP contribution in [0.4, 0.5) is 13.2 Å². The first-order valence-corrected chi connectivity index (χ1v) is 9.66. The van der Waals surface area contributed by atoms with Crippen molar-refractivity contribution in [3.8, 4) is 17.2 Å². The zero-order valence-electron chi connectivity index (χ0n) is 16.5. The molecule has 1 aromatic heterocycles. The van der Waals surface area contributed by atoms with E-state index in [0.29, 0.717) is 16.4 Å². The number of nitrogens with one attached hydrogen (secondary N) is 1. The van der Waals surface area contributed by atoms with Gasteiger partial charge in [-0.05, 0) is 42.3 Å². The maximum absolute atomic E-state index is 12.9. The average molecular weight is 453 g/mol. The van der Waals surface area contributed by atoms with Crippen molar-refractivity contribution in [1.29, 1.82) is 0 Å². The minimum Gasteiger partial charge on any atom is -0.495 e. The van der Waals surface area contributed by atoms with E-state index in [-0.39, 0.29) is 17.7 Å². The molecule has 0 fully saturated rings. The predicted molar refractivity (Wildman–Crippen MR) is 107 cm³/mol. The molecule has 2 aromatic carbocycles. The number of alkyl halides is 3. The lowest BCUT2D eigenvalue weighted by atomic mass is 10.1. The second kappa shape index (κ2) is 9.65. The highest BCUT2D eigenvalue weighted by atomic mass is 32.2. The number of carbonyl (C=O) groups is 1. The van der Waals surface area contributed by atoms with Gasteiger partial charge in [-0.2, -0.15) is 5.10 Å². The Morgan fingerprint density at radius 2 is 1.81 bits per heavy atom. The van der Waals surface area contributed by atoms with Gasteiger partial charge in [-0.25, -0.2) is 0 Å². The maximum Gasteiger partial charge on any atom is 0.573 e. The molecule has 164 valence electrons. The van der Waals surface area contributed by atoms with Crippen LogP contribution in [-0.4, -0.2) is 36.3 Å². The number of rotatable bonds is 8. The van der Waals surface area contributed by atoms with Crippen LogP contribution in [0, 0.1) is 0 Å². The topological polar surface area (TPSA) is 74.6 Å². The van der Waals surface area contributed by atoms with Crippen LogP contribution in [0.2, 0.25) is 0 Å². The highest BCUT2D eigenvalue weighted by molar-refractivity contribution is 7.98. The summed E-state index contributed by atoms with van der Waals surface area (Å²) >= 11 is 0.926. The molecule has 0 aliphatic rings. The number of hydrogen-bond acceptors (Lipinski definition) is 6. The van der Waals surface area contributed by atoms with E-state index >= 15 is 0 Å². The van der Waals surface area contributed by atoms with E-state index in [2.05, 4.69) is 14.6 Å². The summed E-state index contributed by atoms with van der Waals surface area (Å²) < 4.78 is 57.4. The number of methoxy groups -OCH3 is 2. The summed E-state index contributed by atoms with van der Waals surface area (Å²) in [6.07, 6.45) is -1.79. The van der Waals surface area contributed by atoms with E-state index < -0.39 is 18.0 Å². The first-order valence-electron chi connectivity index (χ1n) is 8.85. The number of amides is 1. The minimum absolute atomic E-state index is 0.00942. The molecule has 1 amide bonds. The molecule has 0 spiro atoms. The molecule has 0 radical (unpaired) electrons. The van der Waals surface area contributed by atoms with Crippen molar-refractivity contribution in [3.05, 3.63) is 66.0 Å². The molecule has 1 heterocycles. The van der Waals surface area contributed by atoms with Crippen LogP contribution in [-0.2, 0) is 6.54 Å². The molecule has 0 saturated carbocycles. The number of hydrogen-bond donors (Lipinski definition) is 1. The number of ether oxygens (including phenoxy) is 3. The zero-order chi connectivity index (χ0) is 22.4. The van der Waals surface area contributed by atoms with Gasteiger partial charge in [0.05, 0.1) is 20.8 Å². The van der Waals surface area contributed by atoms with Gasteiger partial charge in [0.15, 0.2) is 0 Å². The van der Waals surface area contributed by atoms with Gasteiger partial charge in [-0.3, -0.25) is 14.2 Å². The third-order valence-corrected chi connectivity index (χ3v) is 4.97. The molecule has 0 aliphatic carbocycles. The molecule has 0 bridgehead atoms. The van der Waals surface area contributed by atoms with Gasteiger partial charge in [0.25, 0.3) is 5.91 Å². The predicted octanol–water partition coefficient (Wildman–Crippen LogP) is 4.28. The molecule has 3 aromatic rings. The van der Waals surface area contributed by atoms with Gasteiger partial charge in [-0.1, -0.05) is 12.1 Å². The summed E-state index contributed by atoms with van der Waals surface area (Å²) in [6, 6.07) is 10.6. The van der Waals surface area contributed by atoms with Crippen molar-refractivity contribution in [1.82, 2.24) is 14.5 Å². The molecule has 1 N–H and O–H groups in total. The van der Waals surface area contributed by atoms with Gasteiger partial charge in [0, 0.05) is 23.5 Å². The highest BCUT2D eigenvalue weighted by Gasteiger charge is 2.32. The van der Waals surface area contributed by atoms with E-state index in [0.717, 1.165) is 18.0 Å². The summed E-state index contributed by atoms with van der Waals surface area (Å²) in [6.45, 7) is 0.0491. The molecule has 0 aliphatic heterocycles. The third kappa shape index (κ3) is 5.85. The molecule has 7 nitrogen and oxygen atoms in total. The second-order valence-corrected chi connectivity index (χ2v) is 6.92. The first-order chi connectivity index (χ1) is 14.8. The van der Waals surface area contributed by atoms with E-state index in [1.807, 2.05) is 0 Å². The van der Waals surface area contributed by atoms with Gasteiger partial charge in [0.1, 0.15) is 22.1 Å². The van der Waals surface area contributed by atoms with Crippen molar-refractivity contribution in [3.63, 3.8) is 0 Å². The lowest BCUT2D eigenvalue weighted by Gasteiger charge is -2.15. The van der Waals surface area contributed by atoms with Crippen LogP contribution in [0.25, 0.3) is 0 Å². The molecule has 0 saturated heterocycles. The van der Waals surface area contributed by atoms with Gasteiger partial charge in [-0.15, -0.1) is 13.2 Å². The van der Waals surface area contributed by atoms with E-state index in [1.54, 1.807) is 30.5 Å². The second-order valence-electron chi connectivity index (χ2n) is 6.10. The number of aromatic nitrogens is 2. The molecular formula is C20H18F3N3O4S. The maximum atomic E-state index is 12.9. The monoisotopic (exact) mass is 453 g/mol. The number of halogens is 3. The van der Waals surface area contributed by atoms with Crippen LogP contribution >= 0.6 is 11.9 Å². The van der Waals surface area contributed by atoms with Crippen molar-refractivity contribution >= 4 is 17.9 Å². The molecule has 31 heavy (non-hydrogen) atoms. The number of carbonyl (C=O) groups excluding carboxylic acids is 1. The Bertz CT molecular complexity index is 1020. The lowest BCUT2D eigenvalue weighted by molar-refractivity contribution is -0.274. The molecule has 0 atom stereocenters. The Morgan fingerprint density at radius 3 is 2.39 bits per heavy atom. The normalized spacial score (nSPS) is 11.1. The van der Waals surface area contributed by atoms with Crippen molar-refractivity contribution < 1.29 is 32.2 Å². The Hall–Kier alpha value is -3.34. The fraction of sp³-hybridized carbons (Fsp3) is 0.200. The minimum atomic E-state index is -4.91. The van der Waals surface area contributed by atoms with Crippen LogP contribution in [0.3, 0.4) is 0 Å². The first kappa shape index (κ1) is 22.3. The van der Waals surface area contributed by atoms with Gasteiger partial charge >= 0.3 is 6.36 Å². The quantitative estimate of drug-likeness (QED) is 0.513. The molecule has 3 rings (SSSR count). The van der Waals surface area contributed by atoms with Crippen molar-refractivity contribution in [2.75, 3.05) is 14.2 Å². The number of benzene rings is 2. The Labute approximate surface area is 180 Å². The van der Waals surface area contributed by atoms with Crippen molar-refractivity contribution in [2.45, 2.75) is 17.8 Å². The van der Waals surface area contributed by atoms with Crippen LogP contribution in [0.5, 0.6) is 17.2 Å². The van der Waals surface area contributed by atoms with Gasteiger partial charge in [0.2, 0.25) is 0 Å². The fourth-order valence-corrected chi connectivity index (χ4v) is 3.51. The SMILES string of the molecule is COc1cccc(OC)c1SNC(=O)c1ccc(Cn2cccn2)c(OC(F)(F)F)c1. The van der Waals surface area contributed by atoms with E-state index in [4.69, 9.17) is 9.47 Å². The van der Waals surface area contributed by atoms with Crippen LogP contribution in [0.1, 0.15) is 15.9 Å². The smallest absolute Gasteiger partial charge is 0.495 e. The molecule has 0 unspecified atom stereocenters. The molecule has 11 heteroatoms. The summed E-state index contributed by atoms with van der Waals surface area (Å²) in [7, 11) is 2.94. The number of nitrogens with zero attached hydrogens (tertiary/aromatic N) is 2. The van der Waals surface area contributed by atoms with Crippen molar-refractivity contribution in [2.24, 2.45) is 0 Å². The zero-order valence-corrected chi connectivity index (χ0v) is 17.3. The van der Waals surface area contributed by atoms with Crippen LogP contribution in [0.15, 0.2) is 59.8 Å². The molecular weight excluding hydrogens is 435 g/mol. The fourth-order valence-electron chi connectivity index (χ4n) is 2.69. The van der Waals surface area contributed by atoms with E-state index in [9.17, 15) is 18.0 Å². The Balaban J connectivity index is 1.82. The van der Waals surface area contributed by atoms with Gasteiger partial charge < -0.3 is 14.2 Å². The lowest BCUT2D eigenvalue weighted by Crippen LogP contribution is -2.20. The third-order valence-electron chi connectivity index (χ3n) is 4.07. The standard InChI is InChI=1S/C20H18F3N3O4S/c1-28-15-5-3-6-16(29-2)18(15)31-25-19(27)13-7-8-14(12-26-10-4-9-24-26)17(11-13)30-20(21,22)23/h3-11H,12H2,1-2H3,(H,25,27). The Kier molecular flexibility index (Phi) is 6.95. The average Bonchev–Trinajstić information content (AvgIpc) is 3.25. The summed E-state index contributed by atoms with van der Waals surface area (Å²) in [5.41, 5.74) is 0.210. The Morgan fingerprint density at radius 1 is 1.10 bits per heavy atom.